The number of hydrogen-bond donors (Lipinski definition) is 0. The number of halogens is 4. The molecule has 0 fully saturated rings. The minimum Gasteiger partial charge on any atom is -0.197 e. The molecule has 110 valence electrons. The van der Waals surface area contributed by atoms with Gasteiger partial charge in [-0.25, -0.2) is 0 Å². The van der Waals surface area contributed by atoms with Gasteiger partial charge in [-0.2, -0.15) is 21.6 Å². The molecular formula is C10H18F4O3S. The molecule has 0 N–H and O–H groups in total. The van der Waals surface area contributed by atoms with Crippen LogP contribution < -0.4 is 0 Å². The predicted molar refractivity (Wildman–Crippen MR) is 59.0 cm³/mol. The number of rotatable bonds is 10. The number of alkyl halides is 3. The summed E-state index contributed by atoms with van der Waals surface area (Å²) < 4.78 is 70.7. The number of hydrogen-bond acceptors (Lipinski definition) is 3. The van der Waals surface area contributed by atoms with Crippen LogP contribution >= 0.6 is 0 Å². The van der Waals surface area contributed by atoms with Crippen LogP contribution in [0.15, 0.2) is 0 Å². The van der Waals surface area contributed by atoms with Gasteiger partial charge in [0.2, 0.25) is 0 Å². The predicted octanol–water partition coefficient (Wildman–Crippen LogP) is 3.90. The van der Waals surface area contributed by atoms with E-state index in [1.54, 1.807) is 0 Å². The monoisotopic (exact) mass is 294 g/mol. The van der Waals surface area contributed by atoms with Gasteiger partial charge in [-0.1, -0.05) is 36.5 Å². The molecule has 0 bridgehead atoms. The summed E-state index contributed by atoms with van der Waals surface area (Å²) in [5.41, 5.74) is 0. The molecule has 0 aliphatic heterocycles. The van der Waals surface area contributed by atoms with Crippen molar-refractivity contribution in [3.05, 3.63) is 0 Å². The molecule has 0 heterocycles. The van der Waals surface area contributed by atoms with Crippen LogP contribution in [0.1, 0.15) is 51.4 Å². The van der Waals surface area contributed by atoms with Gasteiger partial charge in [0.25, 0.3) is 10.1 Å². The Labute approximate surface area is 105 Å². The molecular weight excluding hydrogens is 276 g/mol. The van der Waals surface area contributed by atoms with Crippen LogP contribution in [0.2, 0.25) is 0 Å². The Hall–Kier alpha value is -0.370. The van der Waals surface area contributed by atoms with E-state index in [4.69, 9.17) is 0 Å². The molecule has 8 heteroatoms. The summed E-state index contributed by atoms with van der Waals surface area (Å²) in [4.78, 5) is 0. The Morgan fingerprint density at radius 1 is 0.833 bits per heavy atom. The second-order valence-corrected chi connectivity index (χ2v) is 5.81. The standard InChI is InChI=1S/C10H18F4O3S/c11-10(12,13)8-6-4-2-1-3-5-7-9-18(15,16)17-14/h1-9H2. The largest absolute Gasteiger partial charge is 0.389 e. The Balaban J connectivity index is 3.27. The molecule has 0 saturated carbocycles. The van der Waals surface area contributed by atoms with E-state index in [1.807, 2.05) is 0 Å². The minimum absolute atomic E-state index is 0.133. The van der Waals surface area contributed by atoms with Crippen molar-refractivity contribution in [1.82, 2.24) is 0 Å². The maximum absolute atomic E-state index is 11.8. The Morgan fingerprint density at radius 2 is 1.28 bits per heavy atom. The third-order valence-corrected chi connectivity index (χ3v) is 3.43. The molecule has 0 amide bonds. The van der Waals surface area contributed by atoms with Crippen LogP contribution in [0.5, 0.6) is 0 Å². The average molecular weight is 294 g/mol. The topological polar surface area (TPSA) is 43.4 Å². The van der Waals surface area contributed by atoms with E-state index in [2.05, 4.69) is 4.39 Å². The van der Waals surface area contributed by atoms with Crippen LogP contribution in [-0.4, -0.2) is 20.3 Å². The lowest BCUT2D eigenvalue weighted by molar-refractivity contribution is -0.135. The highest BCUT2D eigenvalue weighted by Gasteiger charge is 2.25. The van der Waals surface area contributed by atoms with Crippen molar-refractivity contribution < 1.29 is 30.5 Å². The molecule has 0 saturated heterocycles. The van der Waals surface area contributed by atoms with Crippen LogP contribution in [-0.2, 0) is 14.5 Å². The molecule has 0 aromatic heterocycles. The van der Waals surface area contributed by atoms with Crippen molar-refractivity contribution in [1.29, 1.82) is 0 Å². The van der Waals surface area contributed by atoms with E-state index in [0.717, 1.165) is 12.8 Å². The van der Waals surface area contributed by atoms with Gasteiger partial charge in [0.1, 0.15) is 0 Å². The molecule has 0 aliphatic carbocycles. The van der Waals surface area contributed by atoms with E-state index < -0.39 is 22.7 Å². The molecule has 18 heavy (non-hydrogen) atoms. The zero-order valence-corrected chi connectivity index (χ0v) is 10.8. The van der Waals surface area contributed by atoms with Gasteiger partial charge in [0, 0.05) is 6.42 Å². The summed E-state index contributed by atoms with van der Waals surface area (Å²) in [6.45, 7) is 0. The lowest BCUT2D eigenvalue weighted by atomic mass is 10.1. The Kier molecular flexibility index (Phi) is 8.51. The smallest absolute Gasteiger partial charge is 0.197 e. The summed E-state index contributed by atoms with van der Waals surface area (Å²) in [6.07, 6.45) is -1.10. The van der Waals surface area contributed by atoms with Crippen molar-refractivity contribution >= 4 is 10.1 Å². The maximum Gasteiger partial charge on any atom is 0.389 e. The van der Waals surface area contributed by atoms with E-state index in [1.165, 1.54) is 0 Å². The third-order valence-electron chi connectivity index (χ3n) is 2.45. The fourth-order valence-electron chi connectivity index (χ4n) is 1.52. The molecule has 3 nitrogen and oxygen atoms in total. The van der Waals surface area contributed by atoms with E-state index in [9.17, 15) is 26.1 Å². The molecule has 0 radical (unpaired) electrons. The third kappa shape index (κ3) is 12.1. The van der Waals surface area contributed by atoms with Crippen LogP contribution in [0.25, 0.3) is 0 Å². The average Bonchev–Trinajstić information content (AvgIpc) is 2.25. The van der Waals surface area contributed by atoms with Crippen LogP contribution in [0.4, 0.5) is 17.7 Å². The lowest BCUT2D eigenvalue weighted by Crippen LogP contribution is -2.06. The second kappa shape index (κ2) is 8.68. The zero-order valence-electron chi connectivity index (χ0n) is 10.0. The van der Waals surface area contributed by atoms with Crippen molar-refractivity contribution in [2.24, 2.45) is 0 Å². The first kappa shape index (κ1) is 17.6. The van der Waals surface area contributed by atoms with Gasteiger partial charge in [0.15, 0.2) is 0 Å². The van der Waals surface area contributed by atoms with E-state index in [-0.39, 0.29) is 12.2 Å². The van der Waals surface area contributed by atoms with Crippen LogP contribution in [0.3, 0.4) is 0 Å². The van der Waals surface area contributed by atoms with Gasteiger partial charge in [-0.05, 0) is 17.4 Å². The highest BCUT2D eigenvalue weighted by Crippen LogP contribution is 2.23. The highest BCUT2D eigenvalue weighted by atomic mass is 32.2. The normalized spacial score (nSPS) is 12.9. The van der Waals surface area contributed by atoms with Crippen molar-refractivity contribution in [3.63, 3.8) is 0 Å². The first-order chi connectivity index (χ1) is 8.27. The van der Waals surface area contributed by atoms with E-state index in [0.29, 0.717) is 25.7 Å². The minimum atomic E-state index is -4.08. The molecule has 0 rings (SSSR count). The molecule has 0 spiro atoms. The molecule has 0 atom stereocenters. The fraction of sp³-hybridized carbons (Fsp3) is 1.00. The molecule has 0 aromatic rings. The van der Waals surface area contributed by atoms with Crippen molar-refractivity contribution in [2.75, 3.05) is 5.75 Å². The van der Waals surface area contributed by atoms with E-state index >= 15 is 0 Å². The van der Waals surface area contributed by atoms with Gasteiger partial charge >= 0.3 is 6.18 Å². The maximum atomic E-state index is 11.8. The number of unbranched alkanes of at least 4 members (excludes halogenated alkanes) is 6. The summed E-state index contributed by atoms with van der Waals surface area (Å²) in [5, 5.41) is 0. The summed E-state index contributed by atoms with van der Waals surface area (Å²) in [6, 6.07) is 0. The zero-order chi connectivity index (χ0) is 14.1. The van der Waals surface area contributed by atoms with Gasteiger partial charge in [-0.3, -0.25) is 0 Å². The van der Waals surface area contributed by atoms with Gasteiger partial charge in [0.05, 0.1) is 5.75 Å². The molecule has 0 aromatic carbocycles. The molecule has 0 aliphatic rings. The first-order valence-electron chi connectivity index (χ1n) is 5.86. The van der Waals surface area contributed by atoms with Gasteiger partial charge < -0.3 is 0 Å². The second-order valence-electron chi connectivity index (χ2n) is 4.16. The van der Waals surface area contributed by atoms with Crippen molar-refractivity contribution in [2.45, 2.75) is 57.5 Å². The first-order valence-corrected chi connectivity index (χ1v) is 7.44. The lowest BCUT2D eigenvalue weighted by Gasteiger charge is -2.05. The summed E-state index contributed by atoms with van der Waals surface area (Å²) in [5.74, 6) is -0.364. The summed E-state index contributed by atoms with van der Waals surface area (Å²) in [7, 11) is -4.03. The summed E-state index contributed by atoms with van der Waals surface area (Å²) >= 11 is 0. The van der Waals surface area contributed by atoms with Crippen molar-refractivity contribution in [3.8, 4) is 0 Å². The fourth-order valence-corrected chi connectivity index (χ4v) is 2.14. The Morgan fingerprint density at radius 3 is 1.72 bits per heavy atom. The van der Waals surface area contributed by atoms with Gasteiger partial charge in [-0.15, -0.1) is 0 Å². The Bertz CT molecular complexity index is 301. The SMILES string of the molecule is O=S(=O)(CCCCCCCCCC(F)(F)F)OF. The quantitative estimate of drug-likeness (QED) is 0.453. The highest BCUT2D eigenvalue weighted by molar-refractivity contribution is 7.86. The van der Waals surface area contributed by atoms with Crippen LogP contribution in [0, 0.1) is 0 Å². The molecule has 0 unspecified atom stereocenters.